The van der Waals surface area contributed by atoms with E-state index in [4.69, 9.17) is 27.9 Å². The number of hydrogen-bond donors (Lipinski definition) is 0. The summed E-state index contributed by atoms with van der Waals surface area (Å²) in [6.45, 7) is 5.92. The van der Waals surface area contributed by atoms with E-state index in [2.05, 4.69) is 6.58 Å². The van der Waals surface area contributed by atoms with Crippen LogP contribution in [-0.2, 0) is 0 Å². The van der Waals surface area contributed by atoms with Gasteiger partial charge >= 0.3 is 0 Å². The maximum atomic E-state index is 6.05. The second kappa shape index (κ2) is 5.47. The molecular formula is C15H12Cl2O. The van der Waals surface area contributed by atoms with Crippen molar-refractivity contribution in [2.75, 3.05) is 0 Å². The molecule has 3 heteroatoms. The molecular weight excluding hydrogens is 267 g/mol. The van der Waals surface area contributed by atoms with Crippen molar-refractivity contribution in [3.63, 3.8) is 0 Å². The predicted molar refractivity (Wildman–Crippen MR) is 77.3 cm³/mol. The number of ether oxygens (including phenoxy) is 1. The van der Waals surface area contributed by atoms with Gasteiger partial charge in [0, 0.05) is 5.56 Å². The maximum absolute atomic E-state index is 6.05. The van der Waals surface area contributed by atoms with Crippen LogP contribution in [0.25, 0.3) is 5.76 Å². The molecule has 0 bridgehead atoms. The Morgan fingerprint density at radius 3 is 2.22 bits per heavy atom. The topological polar surface area (TPSA) is 9.23 Å². The highest BCUT2D eigenvalue weighted by atomic mass is 35.5. The number of hydrogen-bond acceptors (Lipinski definition) is 1. The molecule has 0 heterocycles. The SMILES string of the molecule is C=C(Oc1c(Cl)cccc1Cl)c1ccccc1C. The Morgan fingerprint density at radius 2 is 1.61 bits per heavy atom. The van der Waals surface area contributed by atoms with Gasteiger partial charge in [0.25, 0.3) is 0 Å². The van der Waals surface area contributed by atoms with E-state index in [9.17, 15) is 0 Å². The number of halogens is 2. The second-order valence-electron chi connectivity index (χ2n) is 3.89. The zero-order valence-corrected chi connectivity index (χ0v) is 11.4. The number of aryl methyl sites for hydroxylation is 1. The smallest absolute Gasteiger partial charge is 0.164 e. The van der Waals surface area contributed by atoms with Crippen molar-refractivity contribution in [2.24, 2.45) is 0 Å². The average Bonchev–Trinajstić information content (AvgIpc) is 2.34. The van der Waals surface area contributed by atoms with Crippen LogP contribution >= 0.6 is 23.2 Å². The number of benzene rings is 2. The van der Waals surface area contributed by atoms with Crippen molar-refractivity contribution in [3.05, 3.63) is 70.2 Å². The Bertz CT molecular complexity index is 571. The Balaban J connectivity index is 2.30. The molecule has 2 rings (SSSR count). The van der Waals surface area contributed by atoms with E-state index in [0.717, 1.165) is 11.1 Å². The van der Waals surface area contributed by atoms with E-state index in [-0.39, 0.29) is 0 Å². The molecule has 2 aromatic rings. The third-order valence-corrected chi connectivity index (χ3v) is 3.18. The fourth-order valence-corrected chi connectivity index (χ4v) is 2.12. The van der Waals surface area contributed by atoms with Crippen molar-refractivity contribution < 1.29 is 4.74 Å². The van der Waals surface area contributed by atoms with Gasteiger partial charge in [0.15, 0.2) is 5.75 Å². The highest BCUT2D eigenvalue weighted by Gasteiger charge is 2.10. The van der Waals surface area contributed by atoms with Crippen molar-refractivity contribution in [1.82, 2.24) is 0 Å². The third kappa shape index (κ3) is 2.69. The molecule has 0 unspecified atom stereocenters. The summed E-state index contributed by atoms with van der Waals surface area (Å²) >= 11 is 12.1. The van der Waals surface area contributed by atoms with Gasteiger partial charge in [-0.1, -0.05) is 60.1 Å². The van der Waals surface area contributed by atoms with Crippen LogP contribution in [0.1, 0.15) is 11.1 Å². The molecule has 0 atom stereocenters. The van der Waals surface area contributed by atoms with E-state index < -0.39 is 0 Å². The summed E-state index contributed by atoms with van der Waals surface area (Å²) in [5, 5.41) is 0.939. The lowest BCUT2D eigenvalue weighted by atomic mass is 10.1. The summed E-state index contributed by atoms with van der Waals surface area (Å²) in [5.74, 6) is 0.970. The summed E-state index contributed by atoms with van der Waals surface area (Å²) in [4.78, 5) is 0. The van der Waals surface area contributed by atoms with Gasteiger partial charge in [0.05, 0.1) is 10.0 Å². The van der Waals surface area contributed by atoms with Gasteiger partial charge in [0.2, 0.25) is 0 Å². The van der Waals surface area contributed by atoms with Crippen molar-refractivity contribution in [1.29, 1.82) is 0 Å². The first-order valence-electron chi connectivity index (χ1n) is 5.46. The molecule has 0 amide bonds. The van der Waals surface area contributed by atoms with Crippen LogP contribution in [0.2, 0.25) is 10.0 Å². The highest BCUT2D eigenvalue weighted by molar-refractivity contribution is 6.37. The van der Waals surface area contributed by atoms with E-state index in [1.807, 2.05) is 31.2 Å². The minimum atomic E-state index is 0.439. The molecule has 0 N–H and O–H groups in total. The monoisotopic (exact) mass is 278 g/mol. The first kappa shape index (κ1) is 13.0. The lowest BCUT2D eigenvalue weighted by Crippen LogP contribution is -1.96. The molecule has 2 aromatic carbocycles. The number of rotatable bonds is 3. The predicted octanol–water partition coefficient (Wildman–Crippen LogP) is 5.35. The first-order chi connectivity index (χ1) is 8.59. The fraction of sp³-hybridized carbons (Fsp3) is 0.0667. The van der Waals surface area contributed by atoms with Crippen LogP contribution in [0.4, 0.5) is 0 Å². The van der Waals surface area contributed by atoms with Crippen molar-refractivity contribution >= 4 is 29.0 Å². The molecule has 0 radical (unpaired) electrons. The lowest BCUT2D eigenvalue weighted by Gasteiger charge is -2.13. The lowest BCUT2D eigenvalue weighted by molar-refractivity contribution is 0.517. The number of para-hydroxylation sites is 1. The average molecular weight is 279 g/mol. The molecule has 0 aliphatic rings. The van der Waals surface area contributed by atoms with Crippen LogP contribution < -0.4 is 4.74 Å². The summed E-state index contributed by atoms with van der Waals surface area (Å²) < 4.78 is 5.68. The van der Waals surface area contributed by atoms with Gasteiger partial charge in [-0.3, -0.25) is 0 Å². The van der Waals surface area contributed by atoms with E-state index in [1.165, 1.54) is 0 Å². The normalized spacial score (nSPS) is 10.2. The van der Waals surface area contributed by atoms with Gasteiger partial charge < -0.3 is 4.74 Å². The van der Waals surface area contributed by atoms with Gasteiger partial charge in [-0.2, -0.15) is 0 Å². The minimum Gasteiger partial charge on any atom is -0.454 e. The molecule has 1 nitrogen and oxygen atoms in total. The first-order valence-corrected chi connectivity index (χ1v) is 6.22. The largest absolute Gasteiger partial charge is 0.454 e. The molecule has 0 aromatic heterocycles. The fourth-order valence-electron chi connectivity index (χ4n) is 1.64. The van der Waals surface area contributed by atoms with Crippen LogP contribution in [0.5, 0.6) is 5.75 Å². The second-order valence-corrected chi connectivity index (χ2v) is 4.71. The zero-order valence-electron chi connectivity index (χ0n) is 9.91. The highest BCUT2D eigenvalue weighted by Crippen LogP contribution is 2.35. The summed E-state index contributed by atoms with van der Waals surface area (Å²) in [6.07, 6.45) is 0. The summed E-state index contributed by atoms with van der Waals surface area (Å²) in [7, 11) is 0. The van der Waals surface area contributed by atoms with Gasteiger partial charge in [0.1, 0.15) is 5.76 Å². The Labute approximate surface area is 117 Å². The standard InChI is InChI=1S/C15H12Cl2O/c1-10-6-3-4-7-12(10)11(2)18-15-13(16)8-5-9-14(15)17/h3-9H,2H2,1H3. The van der Waals surface area contributed by atoms with Crippen LogP contribution in [0, 0.1) is 6.92 Å². The molecule has 0 spiro atoms. The van der Waals surface area contributed by atoms with Crippen LogP contribution in [-0.4, -0.2) is 0 Å². The van der Waals surface area contributed by atoms with E-state index in [0.29, 0.717) is 21.6 Å². The van der Waals surface area contributed by atoms with Gasteiger partial charge in [-0.15, -0.1) is 0 Å². The van der Waals surface area contributed by atoms with Gasteiger partial charge in [-0.25, -0.2) is 0 Å². The Kier molecular flexibility index (Phi) is 3.95. The Hall–Kier alpha value is -1.44. The van der Waals surface area contributed by atoms with Crippen molar-refractivity contribution in [2.45, 2.75) is 6.92 Å². The Morgan fingerprint density at radius 1 is 1.00 bits per heavy atom. The third-order valence-electron chi connectivity index (χ3n) is 2.59. The van der Waals surface area contributed by atoms with Gasteiger partial charge in [-0.05, 0) is 24.6 Å². The molecule has 18 heavy (non-hydrogen) atoms. The van der Waals surface area contributed by atoms with Crippen LogP contribution in [0.15, 0.2) is 49.0 Å². The molecule has 0 saturated heterocycles. The zero-order chi connectivity index (χ0) is 13.1. The van der Waals surface area contributed by atoms with E-state index in [1.54, 1.807) is 18.2 Å². The molecule has 0 aliphatic heterocycles. The summed E-state index contributed by atoms with van der Waals surface area (Å²) in [6, 6.07) is 13.1. The molecule has 92 valence electrons. The molecule has 0 fully saturated rings. The molecule has 0 aliphatic carbocycles. The minimum absolute atomic E-state index is 0.439. The van der Waals surface area contributed by atoms with E-state index >= 15 is 0 Å². The van der Waals surface area contributed by atoms with Crippen molar-refractivity contribution in [3.8, 4) is 5.75 Å². The maximum Gasteiger partial charge on any atom is 0.164 e. The summed E-state index contributed by atoms with van der Waals surface area (Å²) in [5.41, 5.74) is 2.03. The van der Waals surface area contributed by atoms with Crippen LogP contribution in [0.3, 0.4) is 0 Å². The molecule has 0 saturated carbocycles. The quantitative estimate of drug-likeness (QED) is 0.688.